The Morgan fingerprint density at radius 3 is 1.93 bits per heavy atom. The van der Waals surface area contributed by atoms with Crippen LogP contribution in [0.3, 0.4) is 0 Å². The highest BCUT2D eigenvalue weighted by atomic mass is 16.6. The molecule has 0 spiro atoms. The first-order valence-corrected chi connectivity index (χ1v) is 9.33. The molecule has 0 aliphatic rings. The van der Waals surface area contributed by atoms with Crippen molar-refractivity contribution in [2.45, 2.75) is 26.7 Å². The number of carbonyl (C=O) groups is 2. The van der Waals surface area contributed by atoms with Crippen molar-refractivity contribution in [3.05, 3.63) is 83.6 Å². The van der Waals surface area contributed by atoms with Crippen LogP contribution in [-0.4, -0.2) is 23.4 Å². The molecule has 0 bridgehead atoms. The smallest absolute Gasteiger partial charge is 0.141 e. The monoisotopic (exact) mass is 375 g/mol. The van der Waals surface area contributed by atoms with Crippen LogP contribution in [-0.2, 0) is 9.59 Å². The van der Waals surface area contributed by atoms with E-state index in [4.69, 9.17) is 4.84 Å². The molecular formula is C24H25NO3. The van der Waals surface area contributed by atoms with Gasteiger partial charge in [-0.25, -0.2) is 0 Å². The summed E-state index contributed by atoms with van der Waals surface area (Å²) in [5.74, 6) is -1.37. The third kappa shape index (κ3) is 3.63. The Balaban J connectivity index is 2.25. The number of ketones is 2. The summed E-state index contributed by atoms with van der Waals surface area (Å²) in [6.45, 7) is 4.93. The molecule has 1 aromatic heterocycles. The maximum Gasteiger partial charge on any atom is 0.141 e. The minimum absolute atomic E-state index is 0.132. The van der Waals surface area contributed by atoms with Crippen molar-refractivity contribution in [3.63, 3.8) is 0 Å². The number of carbonyl (C=O) groups excluding carboxylic acids is 2. The van der Waals surface area contributed by atoms with Crippen LogP contribution >= 0.6 is 0 Å². The van der Waals surface area contributed by atoms with E-state index in [1.165, 1.54) is 13.8 Å². The third-order valence-electron chi connectivity index (χ3n) is 5.19. The third-order valence-corrected chi connectivity index (χ3v) is 5.19. The van der Waals surface area contributed by atoms with Crippen molar-refractivity contribution in [2.75, 3.05) is 7.11 Å². The molecule has 1 heterocycles. The summed E-state index contributed by atoms with van der Waals surface area (Å²) in [4.78, 5) is 30.6. The van der Waals surface area contributed by atoms with Crippen molar-refractivity contribution in [2.24, 2.45) is 5.92 Å². The first kappa shape index (κ1) is 19.6. The van der Waals surface area contributed by atoms with Gasteiger partial charge in [-0.05, 0) is 38.0 Å². The van der Waals surface area contributed by atoms with Gasteiger partial charge in [0.1, 0.15) is 18.7 Å². The molecule has 144 valence electrons. The first-order chi connectivity index (χ1) is 13.5. The van der Waals surface area contributed by atoms with Crippen LogP contribution < -0.4 is 4.84 Å². The van der Waals surface area contributed by atoms with Gasteiger partial charge >= 0.3 is 0 Å². The topological polar surface area (TPSA) is 48.3 Å². The second-order valence-electron chi connectivity index (χ2n) is 7.00. The molecule has 1 atom stereocenters. The molecule has 0 saturated heterocycles. The van der Waals surface area contributed by atoms with Gasteiger partial charge in [-0.2, -0.15) is 4.73 Å². The fourth-order valence-electron chi connectivity index (χ4n) is 3.94. The van der Waals surface area contributed by atoms with Crippen LogP contribution in [0.15, 0.2) is 66.7 Å². The van der Waals surface area contributed by atoms with Gasteiger partial charge in [0, 0.05) is 11.5 Å². The van der Waals surface area contributed by atoms with Gasteiger partial charge in [0.15, 0.2) is 0 Å². The summed E-state index contributed by atoms with van der Waals surface area (Å²) in [5.41, 5.74) is 4.63. The van der Waals surface area contributed by atoms with Gasteiger partial charge in [-0.3, -0.25) is 9.59 Å². The van der Waals surface area contributed by atoms with E-state index in [0.29, 0.717) is 0 Å². The van der Waals surface area contributed by atoms with Crippen LogP contribution in [0.5, 0.6) is 0 Å². The molecule has 0 aliphatic carbocycles. The molecule has 0 N–H and O–H groups in total. The summed E-state index contributed by atoms with van der Waals surface area (Å²) >= 11 is 0. The predicted molar refractivity (Wildman–Crippen MR) is 110 cm³/mol. The van der Waals surface area contributed by atoms with Crippen molar-refractivity contribution < 1.29 is 14.4 Å². The molecule has 1 unspecified atom stereocenters. The molecule has 28 heavy (non-hydrogen) atoms. The van der Waals surface area contributed by atoms with Crippen molar-refractivity contribution in [1.82, 2.24) is 4.73 Å². The fourth-order valence-corrected chi connectivity index (χ4v) is 3.94. The molecule has 0 saturated carbocycles. The van der Waals surface area contributed by atoms with E-state index in [1.807, 2.05) is 73.7 Å². The Kier molecular flexibility index (Phi) is 5.78. The summed E-state index contributed by atoms with van der Waals surface area (Å²) in [6.07, 6.45) is 0. The summed E-state index contributed by atoms with van der Waals surface area (Å²) in [5, 5.41) is 0. The summed E-state index contributed by atoms with van der Waals surface area (Å²) in [6, 6.07) is 21.7. The van der Waals surface area contributed by atoms with E-state index in [9.17, 15) is 9.59 Å². The maximum atomic E-state index is 12.5. The lowest BCUT2D eigenvalue weighted by Gasteiger charge is -2.24. The predicted octanol–water partition coefficient (Wildman–Crippen LogP) is 4.45. The number of Topliss-reactive ketones (excluding diaryl/α,β-unsaturated/α-hetero) is 2. The number of aromatic nitrogens is 1. The molecule has 0 aliphatic heterocycles. The summed E-state index contributed by atoms with van der Waals surface area (Å²) in [7, 11) is 1.62. The number of nitrogens with zero attached hydrogens (tertiary/aromatic N) is 1. The van der Waals surface area contributed by atoms with Crippen LogP contribution in [0.2, 0.25) is 0 Å². The van der Waals surface area contributed by atoms with Gasteiger partial charge in [-0.1, -0.05) is 60.7 Å². The molecule has 4 heteroatoms. The van der Waals surface area contributed by atoms with Gasteiger partial charge in [0.25, 0.3) is 0 Å². The van der Waals surface area contributed by atoms with E-state index < -0.39 is 5.92 Å². The van der Waals surface area contributed by atoms with E-state index >= 15 is 0 Å². The van der Waals surface area contributed by atoms with Crippen molar-refractivity contribution >= 4 is 11.6 Å². The van der Waals surface area contributed by atoms with E-state index in [0.717, 1.165) is 28.1 Å². The fraction of sp³-hybridized carbons (Fsp3) is 0.250. The highest BCUT2D eigenvalue weighted by molar-refractivity contribution is 6.01. The van der Waals surface area contributed by atoms with Crippen LogP contribution in [0.1, 0.15) is 36.6 Å². The van der Waals surface area contributed by atoms with E-state index in [-0.39, 0.29) is 17.5 Å². The lowest BCUT2D eigenvalue weighted by atomic mass is 9.77. The standard InChI is InChI=1S/C24H25NO3/c1-16-21(15-22(25(16)28-4)19-11-7-5-8-12-19)24(20-13-9-6-10-14-20)23(17(2)26)18(3)27/h5-15,23-24H,1-4H3. The Hall–Kier alpha value is -3.14. The van der Waals surface area contributed by atoms with Crippen LogP contribution in [0.4, 0.5) is 0 Å². The lowest BCUT2D eigenvalue weighted by molar-refractivity contribution is -0.130. The molecule has 3 rings (SSSR count). The lowest BCUT2D eigenvalue weighted by Crippen LogP contribution is -2.28. The Morgan fingerprint density at radius 2 is 1.43 bits per heavy atom. The number of rotatable bonds is 7. The normalized spacial score (nSPS) is 12.0. The van der Waals surface area contributed by atoms with Gasteiger partial charge in [0.05, 0.1) is 17.3 Å². The molecule has 3 aromatic rings. The Bertz CT molecular complexity index is 960. The summed E-state index contributed by atoms with van der Waals surface area (Å²) < 4.78 is 1.76. The minimum atomic E-state index is -0.738. The quantitative estimate of drug-likeness (QED) is 0.573. The SMILES string of the molecule is COn1c(-c2ccccc2)cc(C(c2ccccc2)C(C(C)=O)C(C)=O)c1C. The van der Waals surface area contributed by atoms with E-state index in [1.54, 1.807) is 11.8 Å². The number of benzene rings is 2. The minimum Gasteiger partial charge on any atom is -0.417 e. The molecular weight excluding hydrogens is 350 g/mol. The van der Waals surface area contributed by atoms with Crippen molar-refractivity contribution in [3.8, 4) is 11.3 Å². The molecule has 2 aromatic carbocycles. The molecule has 0 fully saturated rings. The highest BCUT2D eigenvalue weighted by Gasteiger charge is 2.35. The first-order valence-electron chi connectivity index (χ1n) is 9.33. The van der Waals surface area contributed by atoms with Crippen LogP contribution in [0.25, 0.3) is 11.3 Å². The molecule has 0 amide bonds. The molecule has 4 nitrogen and oxygen atoms in total. The average Bonchev–Trinajstić information content (AvgIpc) is 3.02. The molecule has 0 radical (unpaired) electrons. The van der Waals surface area contributed by atoms with Crippen LogP contribution in [0, 0.1) is 12.8 Å². The number of hydrogen-bond donors (Lipinski definition) is 0. The van der Waals surface area contributed by atoms with Gasteiger partial charge in [-0.15, -0.1) is 0 Å². The highest BCUT2D eigenvalue weighted by Crippen LogP contribution is 2.38. The van der Waals surface area contributed by atoms with E-state index in [2.05, 4.69) is 0 Å². The maximum absolute atomic E-state index is 12.5. The number of hydrogen-bond acceptors (Lipinski definition) is 3. The van der Waals surface area contributed by atoms with Crippen molar-refractivity contribution in [1.29, 1.82) is 0 Å². The largest absolute Gasteiger partial charge is 0.417 e. The Morgan fingerprint density at radius 1 is 0.893 bits per heavy atom. The zero-order valence-corrected chi connectivity index (χ0v) is 16.7. The second kappa shape index (κ2) is 8.26. The zero-order valence-electron chi connectivity index (χ0n) is 16.7. The van der Waals surface area contributed by atoms with Gasteiger partial charge in [0.2, 0.25) is 0 Å². The second-order valence-corrected chi connectivity index (χ2v) is 7.00. The van der Waals surface area contributed by atoms with Gasteiger partial charge < -0.3 is 4.84 Å². The Labute approximate surface area is 165 Å². The average molecular weight is 375 g/mol. The zero-order chi connectivity index (χ0) is 20.3.